The van der Waals surface area contributed by atoms with Gasteiger partial charge in [0.15, 0.2) is 0 Å². The fourth-order valence-corrected chi connectivity index (χ4v) is 5.07. The molecule has 0 bridgehead atoms. The SMILES string of the molecule is C=CCC[C@H]1CCc2c(ccc3c2CC[C@H](c2ccc(OC(F)(F)F)cc2)C3)C1. The highest BCUT2D eigenvalue weighted by molar-refractivity contribution is 5.45. The molecule has 0 spiro atoms. The third kappa shape index (κ3) is 4.68. The molecule has 0 unspecified atom stereocenters. The van der Waals surface area contributed by atoms with Crippen molar-refractivity contribution >= 4 is 0 Å². The molecule has 0 saturated carbocycles. The lowest BCUT2D eigenvalue weighted by Crippen LogP contribution is -2.20. The van der Waals surface area contributed by atoms with E-state index in [1.165, 1.54) is 54.5 Å². The van der Waals surface area contributed by atoms with Crippen molar-refractivity contribution in [1.82, 2.24) is 0 Å². The van der Waals surface area contributed by atoms with Crippen LogP contribution >= 0.6 is 0 Å². The number of rotatable bonds is 5. The zero-order valence-electron chi connectivity index (χ0n) is 16.6. The molecule has 0 aliphatic heterocycles. The molecule has 0 aromatic heterocycles. The fourth-order valence-electron chi connectivity index (χ4n) is 5.07. The highest BCUT2D eigenvalue weighted by Crippen LogP contribution is 2.39. The first kappa shape index (κ1) is 20.1. The number of benzene rings is 2. The summed E-state index contributed by atoms with van der Waals surface area (Å²) in [6.45, 7) is 3.84. The smallest absolute Gasteiger partial charge is 0.406 e. The van der Waals surface area contributed by atoms with Crippen LogP contribution in [-0.2, 0) is 25.7 Å². The topological polar surface area (TPSA) is 9.23 Å². The van der Waals surface area contributed by atoms with Crippen LogP contribution in [0.3, 0.4) is 0 Å². The molecule has 2 aliphatic rings. The van der Waals surface area contributed by atoms with Crippen LogP contribution in [0, 0.1) is 5.92 Å². The predicted molar refractivity (Wildman–Crippen MR) is 109 cm³/mol. The first-order chi connectivity index (χ1) is 13.9. The Morgan fingerprint density at radius 2 is 1.59 bits per heavy atom. The average molecular weight is 400 g/mol. The van der Waals surface area contributed by atoms with E-state index in [4.69, 9.17) is 0 Å². The monoisotopic (exact) mass is 400 g/mol. The summed E-state index contributed by atoms with van der Waals surface area (Å²) in [6, 6.07) is 11.0. The normalized spacial score (nSPS) is 21.2. The lowest BCUT2D eigenvalue weighted by Gasteiger charge is -2.32. The number of halogens is 3. The minimum Gasteiger partial charge on any atom is -0.406 e. The van der Waals surface area contributed by atoms with Crippen LogP contribution in [-0.4, -0.2) is 6.36 Å². The van der Waals surface area contributed by atoms with Gasteiger partial charge >= 0.3 is 6.36 Å². The number of hydrogen-bond donors (Lipinski definition) is 0. The van der Waals surface area contributed by atoms with Gasteiger partial charge in [-0.25, -0.2) is 0 Å². The van der Waals surface area contributed by atoms with Crippen molar-refractivity contribution in [3.63, 3.8) is 0 Å². The quantitative estimate of drug-likeness (QED) is 0.495. The van der Waals surface area contributed by atoms with Gasteiger partial charge in [-0.1, -0.05) is 30.3 Å². The summed E-state index contributed by atoms with van der Waals surface area (Å²) in [5, 5.41) is 0. The molecule has 2 aliphatic carbocycles. The van der Waals surface area contributed by atoms with Gasteiger partial charge in [0.05, 0.1) is 0 Å². The molecule has 0 fully saturated rings. The van der Waals surface area contributed by atoms with E-state index in [-0.39, 0.29) is 5.75 Å². The first-order valence-corrected chi connectivity index (χ1v) is 10.5. The number of allylic oxidation sites excluding steroid dienone is 1. The number of alkyl halides is 3. The van der Waals surface area contributed by atoms with Crippen LogP contribution in [0.4, 0.5) is 13.2 Å². The van der Waals surface area contributed by atoms with Crippen molar-refractivity contribution in [2.24, 2.45) is 5.92 Å². The van der Waals surface area contributed by atoms with E-state index < -0.39 is 6.36 Å². The second-order valence-electron chi connectivity index (χ2n) is 8.37. The van der Waals surface area contributed by atoms with Crippen LogP contribution in [0.15, 0.2) is 49.1 Å². The van der Waals surface area contributed by atoms with Gasteiger partial charge in [0, 0.05) is 0 Å². The maximum Gasteiger partial charge on any atom is 0.573 e. The third-order valence-electron chi connectivity index (χ3n) is 6.51. The standard InChI is InChI=1S/C25H27F3O/c1-2-3-4-17-5-13-23-20(15-17)6-7-21-16-19(10-14-24(21)23)18-8-11-22(12-9-18)29-25(26,27)28/h2,6-9,11-12,17,19H,1,3-5,10,13-16H2/t17-,19-/m0/s1. The summed E-state index contributed by atoms with van der Waals surface area (Å²) < 4.78 is 41.1. The molecule has 0 heterocycles. The van der Waals surface area contributed by atoms with Crippen LogP contribution in [0.2, 0.25) is 0 Å². The lowest BCUT2D eigenvalue weighted by atomic mass is 9.73. The minimum absolute atomic E-state index is 0.155. The molecule has 2 aromatic rings. The molecule has 1 nitrogen and oxygen atoms in total. The summed E-state index contributed by atoms with van der Waals surface area (Å²) in [5.74, 6) is 0.967. The number of fused-ring (bicyclic) bond motifs is 3. The molecule has 2 atom stereocenters. The first-order valence-electron chi connectivity index (χ1n) is 10.5. The van der Waals surface area contributed by atoms with Crippen molar-refractivity contribution in [2.75, 3.05) is 0 Å². The van der Waals surface area contributed by atoms with Gasteiger partial charge in [0.2, 0.25) is 0 Å². The van der Waals surface area contributed by atoms with Crippen LogP contribution in [0.1, 0.15) is 59.4 Å². The Kier molecular flexibility index (Phi) is 5.71. The van der Waals surface area contributed by atoms with Crippen molar-refractivity contribution in [3.8, 4) is 5.75 Å². The summed E-state index contributed by atoms with van der Waals surface area (Å²) in [7, 11) is 0. The largest absolute Gasteiger partial charge is 0.573 e. The molecule has 29 heavy (non-hydrogen) atoms. The minimum atomic E-state index is -4.64. The summed E-state index contributed by atoms with van der Waals surface area (Å²) in [5.41, 5.74) is 7.14. The Morgan fingerprint density at radius 1 is 0.931 bits per heavy atom. The molecule has 154 valence electrons. The van der Waals surface area contributed by atoms with E-state index in [0.717, 1.165) is 37.2 Å². The molecular weight excluding hydrogens is 373 g/mol. The molecule has 0 N–H and O–H groups in total. The van der Waals surface area contributed by atoms with Crippen molar-refractivity contribution in [3.05, 3.63) is 76.9 Å². The van der Waals surface area contributed by atoms with Gasteiger partial charge in [0.1, 0.15) is 5.75 Å². The van der Waals surface area contributed by atoms with E-state index in [2.05, 4.69) is 23.4 Å². The Morgan fingerprint density at radius 3 is 2.24 bits per heavy atom. The highest BCUT2D eigenvalue weighted by atomic mass is 19.4. The second-order valence-corrected chi connectivity index (χ2v) is 8.37. The summed E-state index contributed by atoms with van der Waals surface area (Å²) >= 11 is 0. The third-order valence-corrected chi connectivity index (χ3v) is 6.51. The fraction of sp³-hybridized carbons (Fsp3) is 0.440. The molecule has 0 amide bonds. The zero-order valence-corrected chi connectivity index (χ0v) is 16.6. The van der Waals surface area contributed by atoms with Crippen LogP contribution in [0.5, 0.6) is 5.75 Å². The molecule has 4 heteroatoms. The van der Waals surface area contributed by atoms with Crippen LogP contribution < -0.4 is 4.74 Å². The van der Waals surface area contributed by atoms with Gasteiger partial charge < -0.3 is 4.74 Å². The number of ether oxygens (including phenoxy) is 1. The van der Waals surface area contributed by atoms with E-state index >= 15 is 0 Å². The molecule has 0 saturated heterocycles. The highest BCUT2D eigenvalue weighted by Gasteiger charge is 2.31. The zero-order chi connectivity index (χ0) is 20.4. The van der Waals surface area contributed by atoms with Gasteiger partial charge in [-0.15, -0.1) is 19.8 Å². The van der Waals surface area contributed by atoms with Gasteiger partial charge in [0.25, 0.3) is 0 Å². The Labute approximate surface area is 170 Å². The maximum absolute atomic E-state index is 12.4. The van der Waals surface area contributed by atoms with Gasteiger partial charge in [-0.2, -0.15) is 0 Å². The molecule has 2 aromatic carbocycles. The van der Waals surface area contributed by atoms with E-state index in [1.807, 2.05) is 6.08 Å². The average Bonchev–Trinajstić information content (AvgIpc) is 2.71. The molecule has 0 radical (unpaired) electrons. The van der Waals surface area contributed by atoms with Crippen LogP contribution in [0.25, 0.3) is 0 Å². The van der Waals surface area contributed by atoms with E-state index in [9.17, 15) is 13.2 Å². The second kappa shape index (κ2) is 8.25. The van der Waals surface area contributed by atoms with Crippen molar-refractivity contribution in [2.45, 2.75) is 63.6 Å². The van der Waals surface area contributed by atoms with Gasteiger partial charge in [-0.05, 0) is 103 Å². The number of hydrogen-bond acceptors (Lipinski definition) is 1. The van der Waals surface area contributed by atoms with E-state index in [0.29, 0.717) is 5.92 Å². The summed E-state index contributed by atoms with van der Waals surface area (Å²) in [4.78, 5) is 0. The Balaban J connectivity index is 1.46. The lowest BCUT2D eigenvalue weighted by molar-refractivity contribution is -0.274. The molecule has 4 rings (SSSR count). The van der Waals surface area contributed by atoms with Crippen molar-refractivity contribution in [1.29, 1.82) is 0 Å². The Bertz CT molecular complexity index is 867. The van der Waals surface area contributed by atoms with E-state index in [1.54, 1.807) is 17.7 Å². The predicted octanol–water partition coefficient (Wildman–Crippen LogP) is 6.93. The maximum atomic E-state index is 12.4. The Hall–Kier alpha value is -2.23. The summed E-state index contributed by atoms with van der Waals surface area (Å²) in [6.07, 6.45) is 6.39. The van der Waals surface area contributed by atoms with Gasteiger partial charge in [-0.3, -0.25) is 0 Å². The molecular formula is C25H27F3O. The van der Waals surface area contributed by atoms with Crippen molar-refractivity contribution < 1.29 is 17.9 Å².